The second-order valence-electron chi connectivity index (χ2n) is 5.64. The van der Waals surface area contributed by atoms with Gasteiger partial charge in [0.2, 0.25) is 5.88 Å². The number of hydrogen-bond donors (Lipinski definition) is 3. The van der Waals surface area contributed by atoms with Gasteiger partial charge in [-0.25, -0.2) is 9.98 Å². The van der Waals surface area contributed by atoms with Crippen molar-refractivity contribution < 1.29 is 23.0 Å². The number of rotatable bonds is 8. The summed E-state index contributed by atoms with van der Waals surface area (Å²) < 4.78 is 41.9. The first-order valence-corrected chi connectivity index (χ1v) is 9.56. The average molecular weight is 565 g/mol. The standard InChI is InChI=1S/C17H20ClF3N4O2S.HI/c1-2-22-16(25-9-12(26)13-3-4-14(18)28-13)24-8-11-5-6-23-15(7-11)27-10-17(19,20)21;/h3-7,12,26H,2,8-10H2,1H3,(H2,22,24,25);1H. The summed E-state index contributed by atoms with van der Waals surface area (Å²) in [6.07, 6.45) is -3.81. The molecule has 0 aliphatic carbocycles. The van der Waals surface area contributed by atoms with Crippen molar-refractivity contribution in [3.63, 3.8) is 0 Å². The predicted octanol–water partition coefficient (Wildman–Crippen LogP) is 4.14. The zero-order valence-corrected chi connectivity index (χ0v) is 19.3. The van der Waals surface area contributed by atoms with Gasteiger partial charge in [-0.3, -0.25) is 0 Å². The van der Waals surface area contributed by atoms with Gasteiger partial charge in [0.1, 0.15) is 6.10 Å². The molecule has 0 aliphatic rings. The number of nitrogens with zero attached hydrogens (tertiary/aromatic N) is 2. The Morgan fingerprint density at radius 3 is 2.72 bits per heavy atom. The molecule has 0 amide bonds. The molecule has 2 aromatic heterocycles. The maximum absolute atomic E-state index is 12.2. The summed E-state index contributed by atoms with van der Waals surface area (Å²) in [6, 6.07) is 6.51. The normalized spacial score (nSPS) is 12.8. The fourth-order valence-corrected chi connectivity index (χ4v) is 3.14. The lowest BCUT2D eigenvalue weighted by Gasteiger charge is -2.14. The monoisotopic (exact) mass is 564 g/mol. The zero-order chi connectivity index (χ0) is 20.6. The van der Waals surface area contributed by atoms with Gasteiger partial charge in [-0.2, -0.15) is 13.2 Å². The predicted molar refractivity (Wildman–Crippen MR) is 118 cm³/mol. The van der Waals surface area contributed by atoms with Gasteiger partial charge in [0.05, 0.1) is 10.9 Å². The number of alkyl halides is 3. The first-order valence-electron chi connectivity index (χ1n) is 8.37. The van der Waals surface area contributed by atoms with Gasteiger partial charge < -0.3 is 20.5 Å². The Bertz CT molecular complexity index is 792. The molecule has 0 spiro atoms. The zero-order valence-electron chi connectivity index (χ0n) is 15.4. The SMILES string of the molecule is CCNC(=NCc1ccnc(OCC(F)(F)F)c1)NCC(O)c1ccc(Cl)s1.I. The van der Waals surface area contributed by atoms with Crippen molar-refractivity contribution in [1.82, 2.24) is 15.6 Å². The van der Waals surface area contributed by atoms with E-state index in [9.17, 15) is 18.3 Å². The fraction of sp³-hybridized carbons (Fsp3) is 0.412. The minimum atomic E-state index is -4.43. The lowest BCUT2D eigenvalue weighted by molar-refractivity contribution is -0.154. The molecule has 0 saturated carbocycles. The Balaban J connectivity index is 0.00000420. The number of nitrogens with one attached hydrogen (secondary N) is 2. The van der Waals surface area contributed by atoms with E-state index in [1.165, 1.54) is 23.6 Å². The molecule has 0 fully saturated rings. The van der Waals surface area contributed by atoms with Crippen LogP contribution < -0.4 is 15.4 Å². The summed E-state index contributed by atoms with van der Waals surface area (Å²) in [7, 11) is 0. The number of aromatic nitrogens is 1. The van der Waals surface area contributed by atoms with E-state index >= 15 is 0 Å². The van der Waals surface area contributed by atoms with Gasteiger partial charge >= 0.3 is 6.18 Å². The highest BCUT2D eigenvalue weighted by molar-refractivity contribution is 14.0. The maximum Gasteiger partial charge on any atom is 0.422 e. The van der Waals surface area contributed by atoms with Crippen molar-refractivity contribution in [2.75, 3.05) is 19.7 Å². The molecule has 162 valence electrons. The van der Waals surface area contributed by atoms with Gasteiger partial charge in [0.25, 0.3) is 0 Å². The van der Waals surface area contributed by atoms with E-state index < -0.39 is 18.9 Å². The van der Waals surface area contributed by atoms with E-state index in [4.69, 9.17) is 11.6 Å². The van der Waals surface area contributed by atoms with Crippen LogP contribution in [0.5, 0.6) is 5.88 Å². The van der Waals surface area contributed by atoms with Crippen LogP contribution in [0.15, 0.2) is 35.5 Å². The molecule has 2 aromatic rings. The van der Waals surface area contributed by atoms with Crippen LogP contribution in [0.3, 0.4) is 0 Å². The number of aliphatic hydroxyl groups excluding tert-OH is 1. The number of pyridine rings is 1. The van der Waals surface area contributed by atoms with Crippen molar-refractivity contribution in [3.05, 3.63) is 45.2 Å². The largest absolute Gasteiger partial charge is 0.468 e. The molecule has 2 rings (SSSR count). The van der Waals surface area contributed by atoms with E-state index in [2.05, 4.69) is 25.3 Å². The smallest absolute Gasteiger partial charge is 0.422 e. The van der Waals surface area contributed by atoms with Crippen molar-refractivity contribution >= 4 is 52.9 Å². The number of ether oxygens (including phenoxy) is 1. The van der Waals surface area contributed by atoms with E-state index in [0.717, 1.165) is 4.88 Å². The van der Waals surface area contributed by atoms with Crippen molar-refractivity contribution in [2.45, 2.75) is 25.7 Å². The summed E-state index contributed by atoms with van der Waals surface area (Å²) >= 11 is 7.16. The molecule has 0 saturated heterocycles. The van der Waals surface area contributed by atoms with Gasteiger partial charge in [0, 0.05) is 30.2 Å². The molecule has 6 nitrogen and oxygen atoms in total. The number of aliphatic imine (C=N–C) groups is 1. The number of hydrogen-bond acceptors (Lipinski definition) is 5. The Labute approximate surface area is 192 Å². The van der Waals surface area contributed by atoms with Crippen molar-refractivity contribution in [2.24, 2.45) is 4.99 Å². The van der Waals surface area contributed by atoms with Crippen LogP contribution in [0.2, 0.25) is 4.34 Å². The molecule has 3 N–H and O–H groups in total. The minimum absolute atomic E-state index is 0. The first kappa shape index (κ1) is 25.7. The Morgan fingerprint density at radius 2 is 2.10 bits per heavy atom. The van der Waals surface area contributed by atoms with Crippen LogP contribution in [-0.2, 0) is 6.54 Å². The number of thiophene rings is 1. The lowest BCUT2D eigenvalue weighted by atomic mass is 10.2. The summed E-state index contributed by atoms with van der Waals surface area (Å²) in [5.41, 5.74) is 0.634. The molecular weight excluding hydrogens is 544 g/mol. The van der Waals surface area contributed by atoms with Crippen molar-refractivity contribution in [1.29, 1.82) is 0 Å². The third-order valence-electron chi connectivity index (χ3n) is 3.33. The van der Waals surface area contributed by atoms with Gasteiger partial charge in [-0.15, -0.1) is 35.3 Å². The topological polar surface area (TPSA) is 78.8 Å². The van der Waals surface area contributed by atoms with Gasteiger partial charge in [0.15, 0.2) is 12.6 Å². The Hall–Kier alpha value is -1.31. The van der Waals surface area contributed by atoms with Gasteiger partial charge in [-0.1, -0.05) is 11.6 Å². The van der Waals surface area contributed by atoms with Crippen LogP contribution in [0, 0.1) is 0 Å². The Morgan fingerprint density at radius 1 is 1.34 bits per heavy atom. The van der Waals surface area contributed by atoms with Crippen LogP contribution in [0.4, 0.5) is 13.2 Å². The highest BCUT2D eigenvalue weighted by Crippen LogP contribution is 2.26. The van der Waals surface area contributed by atoms with Gasteiger partial charge in [-0.05, 0) is 30.7 Å². The molecule has 0 aliphatic heterocycles. The third kappa shape index (κ3) is 9.83. The minimum Gasteiger partial charge on any atom is -0.468 e. The molecule has 0 aromatic carbocycles. The number of aliphatic hydroxyl groups is 1. The Kier molecular flexibility index (Phi) is 11.0. The molecule has 1 atom stereocenters. The number of halogens is 5. The maximum atomic E-state index is 12.2. The van der Waals surface area contributed by atoms with E-state index in [0.29, 0.717) is 22.4 Å². The van der Waals surface area contributed by atoms with E-state index in [1.807, 2.05) is 6.92 Å². The molecule has 1 unspecified atom stereocenters. The van der Waals surface area contributed by atoms with Crippen LogP contribution in [0.1, 0.15) is 23.5 Å². The van der Waals surface area contributed by atoms with E-state index in [-0.39, 0.29) is 42.9 Å². The summed E-state index contributed by atoms with van der Waals surface area (Å²) in [5, 5.41) is 16.2. The second-order valence-corrected chi connectivity index (χ2v) is 7.39. The van der Waals surface area contributed by atoms with Crippen LogP contribution in [0.25, 0.3) is 0 Å². The van der Waals surface area contributed by atoms with Crippen LogP contribution in [-0.4, -0.2) is 41.9 Å². The summed E-state index contributed by atoms with van der Waals surface area (Å²) in [6.45, 7) is 1.51. The average Bonchev–Trinajstić information content (AvgIpc) is 3.08. The summed E-state index contributed by atoms with van der Waals surface area (Å²) in [4.78, 5) is 8.85. The van der Waals surface area contributed by atoms with Crippen LogP contribution >= 0.6 is 46.9 Å². The molecular formula is C17H21ClF3IN4O2S. The van der Waals surface area contributed by atoms with E-state index in [1.54, 1.807) is 18.2 Å². The third-order valence-corrected chi connectivity index (χ3v) is 4.66. The molecule has 2 heterocycles. The molecule has 0 radical (unpaired) electrons. The first-order chi connectivity index (χ1) is 13.3. The molecule has 29 heavy (non-hydrogen) atoms. The second kappa shape index (κ2) is 12.4. The lowest BCUT2D eigenvalue weighted by Crippen LogP contribution is -2.39. The fourth-order valence-electron chi connectivity index (χ4n) is 2.10. The number of guanidine groups is 1. The molecule has 0 bridgehead atoms. The highest BCUT2D eigenvalue weighted by Gasteiger charge is 2.28. The molecule has 12 heteroatoms. The summed E-state index contributed by atoms with van der Waals surface area (Å²) in [5.74, 6) is 0.340. The highest BCUT2D eigenvalue weighted by atomic mass is 127. The van der Waals surface area contributed by atoms with Crippen molar-refractivity contribution in [3.8, 4) is 5.88 Å². The quantitative estimate of drug-likeness (QED) is 0.255.